The Hall–Kier alpha value is -0.770. The van der Waals surface area contributed by atoms with Crippen LogP contribution in [0.3, 0.4) is 0 Å². The van der Waals surface area contributed by atoms with Crippen molar-refractivity contribution in [2.75, 3.05) is 33.4 Å². The first kappa shape index (κ1) is 25.5. The van der Waals surface area contributed by atoms with Gasteiger partial charge in [0, 0.05) is 26.8 Å². The first-order valence-electron chi connectivity index (χ1n) is 8.12. The maximum absolute atomic E-state index is 11.9. The molecule has 0 atom stereocenters. The van der Waals surface area contributed by atoms with Crippen LogP contribution in [0.2, 0.25) is 0 Å². The quantitative estimate of drug-likeness (QED) is 0.225. The van der Waals surface area contributed by atoms with Crippen LogP contribution in [-0.2, 0) is 9.47 Å². The van der Waals surface area contributed by atoms with Gasteiger partial charge < -0.3 is 25.4 Å². The minimum atomic E-state index is -0.513. The summed E-state index contributed by atoms with van der Waals surface area (Å²) in [7, 11) is 1.68. The lowest BCUT2D eigenvalue weighted by Gasteiger charge is -2.27. The Balaban J connectivity index is 0. The fourth-order valence-electron chi connectivity index (χ4n) is 1.66. The van der Waals surface area contributed by atoms with Crippen LogP contribution in [0.5, 0.6) is 0 Å². The average Bonchev–Trinajstić information content (AvgIpc) is 2.37. The van der Waals surface area contributed by atoms with E-state index in [1.165, 1.54) is 0 Å². The summed E-state index contributed by atoms with van der Waals surface area (Å²) in [6.07, 6.45) is 0.469. The van der Waals surface area contributed by atoms with Crippen LogP contribution in [0.4, 0.5) is 4.79 Å². The number of guanidine groups is 1. The largest absolute Gasteiger partial charge is 0.444 e. The number of halogens is 1. The molecule has 0 heterocycles. The van der Waals surface area contributed by atoms with Crippen LogP contribution < -0.4 is 16.0 Å². The molecule has 0 aromatic heterocycles. The first-order chi connectivity index (χ1) is 10.6. The highest BCUT2D eigenvalue weighted by Gasteiger charge is 2.24. The Morgan fingerprint density at radius 3 is 2.25 bits per heavy atom. The van der Waals surface area contributed by atoms with E-state index < -0.39 is 17.2 Å². The molecule has 144 valence electrons. The van der Waals surface area contributed by atoms with Gasteiger partial charge in [0.15, 0.2) is 5.96 Å². The van der Waals surface area contributed by atoms with E-state index in [2.05, 4.69) is 20.9 Å². The van der Waals surface area contributed by atoms with Crippen LogP contribution in [-0.4, -0.2) is 56.5 Å². The number of carbonyl (C=O) groups is 1. The van der Waals surface area contributed by atoms with Crippen molar-refractivity contribution >= 4 is 36.0 Å². The predicted molar refractivity (Wildman–Crippen MR) is 109 cm³/mol. The van der Waals surface area contributed by atoms with Crippen molar-refractivity contribution in [3.8, 4) is 0 Å². The lowest BCUT2D eigenvalue weighted by molar-refractivity contribution is 0.0476. The van der Waals surface area contributed by atoms with Gasteiger partial charge >= 0.3 is 6.09 Å². The maximum Gasteiger partial charge on any atom is 0.408 e. The molecule has 0 aliphatic heterocycles. The van der Waals surface area contributed by atoms with E-state index in [1.54, 1.807) is 7.11 Å². The van der Waals surface area contributed by atoms with Crippen molar-refractivity contribution in [3.63, 3.8) is 0 Å². The number of hydrogen-bond donors (Lipinski definition) is 3. The highest BCUT2D eigenvalue weighted by atomic mass is 127. The smallest absolute Gasteiger partial charge is 0.408 e. The third-order valence-electron chi connectivity index (χ3n) is 2.63. The van der Waals surface area contributed by atoms with Crippen molar-refractivity contribution in [2.24, 2.45) is 4.99 Å². The molecule has 24 heavy (non-hydrogen) atoms. The van der Waals surface area contributed by atoms with Gasteiger partial charge in [0.05, 0.1) is 12.1 Å². The van der Waals surface area contributed by atoms with Gasteiger partial charge in [-0.3, -0.25) is 4.99 Å². The Morgan fingerprint density at radius 1 is 1.12 bits per heavy atom. The van der Waals surface area contributed by atoms with Crippen LogP contribution in [0.1, 0.15) is 48.0 Å². The van der Waals surface area contributed by atoms with Crippen molar-refractivity contribution in [1.29, 1.82) is 0 Å². The highest BCUT2D eigenvalue weighted by molar-refractivity contribution is 14.0. The van der Waals surface area contributed by atoms with E-state index in [4.69, 9.17) is 9.47 Å². The number of alkyl carbamates (subject to hydrolysis) is 1. The molecule has 0 aliphatic rings. The summed E-state index contributed by atoms with van der Waals surface area (Å²) in [5, 5.41) is 9.26. The fraction of sp³-hybridized carbons (Fsp3) is 0.875. The molecule has 3 N–H and O–H groups in total. The molecule has 0 aromatic carbocycles. The molecule has 0 radical (unpaired) electrons. The van der Waals surface area contributed by atoms with Crippen molar-refractivity contribution < 1.29 is 14.3 Å². The molecule has 0 spiro atoms. The van der Waals surface area contributed by atoms with E-state index in [1.807, 2.05) is 41.5 Å². The number of hydrogen-bond acceptors (Lipinski definition) is 4. The summed E-state index contributed by atoms with van der Waals surface area (Å²) < 4.78 is 10.3. The molecule has 0 aromatic rings. The van der Waals surface area contributed by atoms with Gasteiger partial charge in [-0.15, -0.1) is 24.0 Å². The van der Waals surface area contributed by atoms with E-state index >= 15 is 0 Å². The van der Waals surface area contributed by atoms with Gasteiger partial charge in [0.2, 0.25) is 0 Å². The number of methoxy groups -OCH3 is 1. The standard InChI is InChI=1S/C16H34N4O3.HI/c1-8-17-13(18-10-9-11-22-7)19-12-16(5,6)20-14(21)23-15(2,3)4;/h8-12H2,1-7H3,(H,20,21)(H2,17,18,19);1H. The molecule has 0 bridgehead atoms. The van der Waals surface area contributed by atoms with Crippen LogP contribution in [0.15, 0.2) is 4.99 Å². The summed E-state index contributed by atoms with van der Waals surface area (Å²) >= 11 is 0. The minimum Gasteiger partial charge on any atom is -0.444 e. The van der Waals surface area contributed by atoms with Crippen LogP contribution in [0.25, 0.3) is 0 Å². The van der Waals surface area contributed by atoms with Crippen LogP contribution in [0, 0.1) is 0 Å². The summed E-state index contributed by atoms with van der Waals surface area (Å²) in [6.45, 7) is 14.0. The summed E-state index contributed by atoms with van der Waals surface area (Å²) in [6, 6.07) is 0. The number of ether oxygens (including phenoxy) is 2. The third-order valence-corrected chi connectivity index (χ3v) is 2.63. The number of rotatable bonds is 8. The Labute approximate surface area is 163 Å². The molecule has 0 fully saturated rings. The molecule has 8 heteroatoms. The van der Waals surface area contributed by atoms with Gasteiger partial charge in [-0.1, -0.05) is 0 Å². The monoisotopic (exact) mass is 458 g/mol. The summed E-state index contributed by atoms with van der Waals surface area (Å²) in [5.74, 6) is 0.725. The van der Waals surface area contributed by atoms with Gasteiger partial charge in [-0.05, 0) is 48.0 Å². The number of carbonyl (C=O) groups excluding carboxylic acids is 1. The average molecular weight is 458 g/mol. The third kappa shape index (κ3) is 14.8. The second-order valence-corrected chi connectivity index (χ2v) is 6.98. The van der Waals surface area contributed by atoms with E-state index in [0.29, 0.717) is 13.2 Å². The number of nitrogens with zero attached hydrogens (tertiary/aromatic N) is 1. The second kappa shape index (κ2) is 12.6. The molecule has 0 saturated carbocycles. The van der Waals surface area contributed by atoms with Crippen molar-refractivity contribution in [3.05, 3.63) is 0 Å². The molecule has 7 nitrogen and oxygen atoms in total. The number of aliphatic imine (C=N–C) groups is 1. The molecular formula is C16H35IN4O3. The van der Waals surface area contributed by atoms with Gasteiger partial charge in [0.25, 0.3) is 0 Å². The maximum atomic E-state index is 11.9. The molecule has 0 aliphatic carbocycles. The Kier molecular flexibility index (Phi) is 13.3. The summed E-state index contributed by atoms with van der Waals surface area (Å²) in [4.78, 5) is 16.4. The molecular weight excluding hydrogens is 423 g/mol. The Morgan fingerprint density at radius 2 is 1.75 bits per heavy atom. The lowest BCUT2D eigenvalue weighted by Crippen LogP contribution is -2.49. The topological polar surface area (TPSA) is 84.0 Å². The summed E-state index contributed by atoms with van der Waals surface area (Å²) in [5.41, 5.74) is -1.02. The van der Waals surface area contributed by atoms with Gasteiger partial charge in [-0.2, -0.15) is 0 Å². The molecule has 1 amide bonds. The number of amides is 1. The van der Waals surface area contributed by atoms with Crippen LogP contribution >= 0.6 is 24.0 Å². The minimum absolute atomic E-state index is 0. The molecule has 0 saturated heterocycles. The van der Waals surface area contributed by atoms with E-state index in [0.717, 1.165) is 25.5 Å². The highest BCUT2D eigenvalue weighted by Crippen LogP contribution is 2.09. The predicted octanol–water partition coefficient (Wildman–Crippen LogP) is 2.50. The zero-order valence-corrected chi connectivity index (χ0v) is 18.4. The van der Waals surface area contributed by atoms with Crippen molar-refractivity contribution in [2.45, 2.75) is 59.1 Å². The zero-order chi connectivity index (χ0) is 17.9. The van der Waals surface area contributed by atoms with Gasteiger partial charge in [0.1, 0.15) is 5.60 Å². The van der Waals surface area contributed by atoms with Gasteiger partial charge in [-0.25, -0.2) is 4.79 Å². The fourth-order valence-corrected chi connectivity index (χ4v) is 1.66. The normalized spacial score (nSPS) is 12.2. The zero-order valence-electron chi connectivity index (χ0n) is 16.1. The van der Waals surface area contributed by atoms with Crippen molar-refractivity contribution in [1.82, 2.24) is 16.0 Å². The molecule has 0 rings (SSSR count). The lowest BCUT2D eigenvalue weighted by atomic mass is 10.1. The second-order valence-electron chi connectivity index (χ2n) is 6.98. The Bertz CT molecular complexity index is 382. The number of nitrogens with one attached hydrogen (secondary N) is 3. The SMILES string of the molecule is CCNC(=NCC(C)(C)NC(=O)OC(C)(C)C)NCCCOC.I. The first-order valence-corrected chi connectivity index (χ1v) is 8.12. The van der Waals surface area contributed by atoms with E-state index in [-0.39, 0.29) is 24.0 Å². The van der Waals surface area contributed by atoms with E-state index in [9.17, 15) is 4.79 Å². The molecule has 0 unspecified atom stereocenters.